The van der Waals surface area contributed by atoms with Gasteiger partial charge in [-0.2, -0.15) is 0 Å². The molecule has 0 saturated heterocycles. The molecule has 1 aromatic carbocycles. The molecular formula is C12H16O4. The second-order valence-corrected chi connectivity index (χ2v) is 3.59. The molecule has 0 fully saturated rings. The molecule has 0 amide bonds. The summed E-state index contributed by atoms with van der Waals surface area (Å²) in [7, 11) is 0. The number of carboxylic acids is 1. The Bertz CT molecular complexity index is 310. The third kappa shape index (κ3) is 5.48. The molecule has 0 aliphatic carbocycles. The highest BCUT2D eigenvalue weighted by Gasteiger charge is 2.07. The smallest absolute Gasteiger partial charge is 0.303 e. The molecule has 0 aliphatic rings. The quantitative estimate of drug-likeness (QED) is 0.735. The zero-order valence-corrected chi connectivity index (χ0v) is 9.00. The van der Waals surface area contributed by atoms with Gasteiger partial charge in [-0.05, 0) is 12.0 Å². The Labute approximate surface area is 94.5 Å². The van der Waals surface area contributed by atoms with Crippen LogP contribution in [-0.2, 0) is 16.1 Å². The van der Waals surface area contributed by atoms with Crippen LogP contribution in [-0.4, -0.2) is 28.9 Å². The number of aliphatic carboxylic acids is 1. The number of carbonyl (C=O) groups is 1. The highest BCUT2D eigenvalue weighted by Crippen LogP contribution is 2.03. The van der Waals surface area contributed by atoms with Crippen LogP contribution in [0.1, 0.15) is 18.4 Å². The van der Waals surface area contributed by atoms with E-state index in [9.17, 15) is 9.90 Å². The lowest BCUT2D eigenvalue weighted by atomic mass is 10.2. The highest BCUT2D eigenvalue weighted by molar-refractivity contribution is 5.66. The molecule has 0 bridgehead atoms. The summed E-state index contributed by atoms with van der Waals surface area (Å²) >= 11 is 0. The molecule has 4 nitrogen and oxygen atoms in total. The zero-order chi connectivity index (χ0) is 11.8. The van der Waals surface area contributed by atoms with Crippen LogP contribution < -0.4 is 0 Å². The van der Waals surface area contributed by atoms with Gasteiger partial charge in [0.05, 0.1) is 19.3 Å². The van der Waals surface area contributed by atoms with Crippen molar-refractivity contribution in [3.8, 4) is 0 Å². The van der Waals surface area contributed by atoms with Gasteiger partial charge in [0.1, 0.15) is 0 Å². The molecule has 88 valence electrons. The van der Waals surface area contributed by atoms with E-state index >= 15 is 0 Å². The van der Waals surface area contributed by atoms with Crippen LogP contribution in [0, 0.1) is 0 Å². The zero-order valence-electron chi connectivity index (χ0n) is 9.00. The standard InChI is InChI=1S/C12H16O4/c13-11(6-7-12(14)15)9-16-8-10-4-2-1-3-5-10/h1-5,11,13H,6-9H2,(H,14,15). The van der Waals surface area contributed by atoms with Crippen molar-refractivity contribution in [2.45, 2.75) is 25.6 Å². The third-order valence-corrected chi connectivity index (χ3v) is 2.11. The van der Waals surface area contributed by atoms with Gasteiger partial charge >= 0.3 is 5.97 Å². The van der Waals surface area contributed by atoms with Gasteiger partial charge in [0.25, 0.3) is 0 Å². The van der Waals surface area contributed by atoms with E-state index < -0.39 is 12.1 Å². The molecule has 1 aromatic rings. The average Bonchev–Trinajstić information content (AvgIpc) is 2.28. The summed E-state index contributed by atoms with van der Waals surface area (Å²) in [5, 5.41) is 17.8. The maximum Gasteiger partial charge on any atom is 0.303 e. The molecule has 0 heterocycles. The number of ether oxygens (including phenoxy) is 1. The van der Waals surface area contributed by atoms with Gasteiger partial charge in [-0.15, -0.1) is 0 Å². The van der Waals surface area contributed by atoms with Crippen LogP contribution in [0.4, 0.5) is 0 Å². The molecule has 2 N–H and O–H groups in total. The Morgan fingerprint density at radius 3 is 2.62 bits per heavy atom. The number of aliphatic hydroxyl groups is 1. The number of carboxylic acid groups (broad SMARTS) is 1. The predicted molar refractivity (Wildman–Crippen MR) is 59.0 cm³/mol. The lowest BCUT2D eigenvalue weighted by molar-refractivity contribution is -0.137. The SMILES string of the molecule is O=C(O)CCC(O)COCc1ccccc1. The van der Waals surface area contributed by atoms with Gasteiger partial charge in [0.15, 0.2) is 0 Å². The first kappa shape index (κ1) is 12.7. The van der Waals surface area contributed by atoms with Crippen LogP contribution in [0.2, 0.25) is 0 Å². The Morgan fingerprint density at radius 1 is 1.31 bits per heavy atom. The summed E-state index contributed by atoms with van der Waals surface area (Å²) in [5.41, 5.74) is 1.04. The minimum absolute atomic E-state index is 0.0319. The molecule has 1 unspecified atom stereocenters. The third-order valence-electron chi connectivity index (χ3n) is 2.11. The second-order valence-electron chi connectivity index (χ2n) is 3.59. The van der Waals surface area contributed by atoms with Crippen molar-refractivity contribution in [3.05, 3.63) is 35.9 Å². The van der Waals surface area contributed by atoms with Crippen molar-refractivity contribution in [1.82, 2.24) is 0 Å². The topological polar surface area (TPSA) is 66.8 Å². The summed E-state index contributed by atoms with van der Waals surface area (Å²) in [6, 6.07) is 9.62. The first-order valence-corrected chi connectivity index (χ1v) is 5.20. The van der Waals surface area contributed by atoms with E-state index in [1.165, 1.54) is 0 Å². The first-order valence-electron chi connectivity index (χ1n) is 5.20. The summed E-state index contributed by atoms with van der Waals surface area (Å²) in [5.74, 6) is -0.901. The minimum atomic E-state index is -0.901. The fraction of sp³-hybridized carbons (Fsp3) is 0.417. The van der Waals surface area contributed by atoms with E-state index in [2.05, 4.69) is 0 Å². The van der Waals surface area contributed by atoms with Crippen molar-refractivity contribution >= 4 is 5.97 Å². The summed E-state index contributed by atoms with van der Waals surface area (Å²) < 4.78 is 5.27. The van der Waals surface area contributed by atoms with Crippen LogP contribution in [0.5, 0.6) is 0 Å². The maximum atomic E-state index is 10.2. The lowest BCUT2D eigenvalue weighted by Gasteiger charge is -2.09. The normalized spacial score (nSPS) is 12.3. The highest BCUT2D eigenvalue weighted by atomic mass is 16.5. The number of hydrogen-bond acceptors (Lipinski definition) is 3. The minimum Gasteiger partial charge on any atom is -0.481 e. The Balaban J connectivity index is 2.13. The number of benzene rings is 1. The molecule has 4 heteroatoms. The van der Waals surface area contributed by atoms with E-state index in [1.807, 2.05) is 30.3 Å². The van der Waals surface area contributed by atoms with Crippen molar-refractivity contribution < 1.29 is 19.7 Å². The summed E-state index contributed by atoms with van der Waals surface area (Å²) in [4.78, 5) is 10.2. The van der Waals surface area contributed by atoms with E-state index in [4.69, 9.17) is 9.84 Å². The van der Waals surface area contributed by atoms with E-state index in [1.54, 1.807) is 0 Å². The van der Waals surface area contributed by atoms with E-state index in [0.717, 1.165) is 5.56 Å². The first-order chi connectivity index (χ1) is 7.68. The molecule has 16 heavy (non-hydrogen) atoms. The van der Waals surface area contributed by atoms with Crippen molar-refractivity contribution in [2.75, 3.05) is 6.61 Å². The van der Waals surface area contributed by atoms with Gasteiger partial charge in [0.2, 0.25) is 0 Å². The fourth-order valence-corrected chi connectivity index (χ4v) is 1.26. The van der Waals surface area contributed by atoms with Gasteiger partial charge in [-0.1, -0.05) is 30.3 Å². The molecule has 0 saturated carbocycles. The Morgan fingerprint density at radius 2 is 2.00 bits per heavy atom. The number of hydrogen-bond donors (Lipinski definition) is 2. The fourth-order valence-electron chi connectivity index (χ4n) is 1.26. The van der Waals surface area contributed by atoms with Gasteiger partial charge in [0, 0.05) is 6.42 Å². The maximum absolute atomic E-state index is 10.2. The van der Waals surface area contributed by atoms with Crippen LogP contribution in [0.25, 0.3) is 0 Å². The monoisotopic (exact) mass is 224 g/mol. The van der Waals surface area contributed by atoms with E-state index in [0.29, 0.717) is 6.61 Å². The molecule has 0 aromatic heterocycles. The van der Waals surface area contributed by atoms with Crippen molar-refractivity contribution in [2.24, 2.45) is 0 Å². The Hall–Kier alpha value is -1.39. The van der Waals surface area contributed by atoms with Gasteiger partial charge in [-0.3, -0.25) is 4.79 Å². The molecule has 0 spiro atoms. The number of rotatable bonds is 7. The lowest BCUT2D eigenvalue weighted by Crippen LogP contribution is -2.16. The van der Waals surface area contributed by atoms with Crippen LogP contribution in [0.3, 0.4) is 0 Å². The molecule has 1 rings (SSSR count). The van der Waals surface area contributed by atoms with Gasteiger partial charge in [-0.25, -0.2) is 0 Å². The summed E-state index contributed by atoms with van der Waals surface area (Å²) in [6.45, 7) is 0.604. The second kappa shape index (κ2) is 6.98. The summed E-state index contributed by atoms with van der Waals surface area (Å²) in [6.07, 6.45) is -0.514. The van der Waals surface area contributed by atoms with E-state index in [-0.39, 0.29) is 19.4 Å². The molecule has 1 atom stereocenters. The molecular weight excluding hydrogens is 208 g/mol. The largest absolute Gasteiger partial charge is 0.481 e. The number of aliphatic hydroxyl groups excluding tert-OH is 1. The Kier molecular flexibility index (Phi) is 5.53. The van der Waals surface area contributed by atoms with Crippen LogP contribution in [0.15, 0.2) is 30.3 Å². The van der Waals surface area contributed by atoms with Gasteiger partial charge < -0.3 is 14.9 Å². The predicted octanol–water partition coefficient (Wildman–Crippen LogP) is 1.43. The van der Waals surface area contributed by atoms with Crippen LogP contribution >= 0.6 is 0 Å². The van der Waals surface area contributed by atoms with Crippen molar-refractivity contribution in [1.29, 1.82) is 0 Å². The van der Waals surface area contributed by atoms with Crippen molar-refractivity contribution in [3.63, 3.8) is 0 Å². The average molecular weight is 224 g/mol. The molecule has 0 aliphatic heterocycles. The molecule has 0 radical (unpaired) electrons.